The Balaban J connectivity index is 0.00000192. The van der Waals surface area contributed by atoms with Crippen molar-refractivity contribution in [1.29, 1.82) is 0 Å². The standard InChI is InChI=1S/C19H28N2O.ClH/c1-13-7-3-4-8-15(13)11-14(2)20-19(22)18-12-16-9-5-6-10-17(16)21-18;/h3-4,7-8,14,16-18,21H,5-6,9-12H2,1-2H3,(H,20,22);1H. The van der Waals surface area contributed by atoms with E-state index in [1.807, 2.05) is 0 Å². The second-order valence-electron chi connectivity index (χ2n) is 7.15. The van der Waals surface area contributed by atoms with Gasteiger partial charge in [-0.1, -0.05) is 37.1 Å². The van der Waals surface area contributed by atoms with Crippen molar-refractivity contribution in [3.8, 4) is 0 Å². The number of fused-ring (bicyclic) bond motifs is 1. The number of benzene rings is 1. The molecule has 1 heterocycles. The van der Waals surface area contributed by atoms with Gasteiger partial charge in [-0.3, -0.25) is 4.79 Å². The highest BCUT2D eigenvalue weighted by atomic mass is 35.5. The van der Waals surface area contributed by atoms with Crippen LogP contribution in [0.5, 0.6) is 0 Å². The molecule has 23 heavy (non-hydrogen) atoms. The van der Waals surface area contributed by atoms with Gasteiger partial charge in [0.2, 0.25) is 5.91 Å². The van der Waals surface area contributed by atoms with Gasteiger partial charge in [0.1, 0.15) is 0 Å². The molecule has 1 amide bonds. The molecule has 4 heteroatoms. The van der Waals surface area contributed by atoms with Crippen LogP contribution < -0.4 is 10.6 Å². The summed E-state index contributed by atoms with van der Waals surface area (Å²) in [7, 11) is 0. The third-order valence-corrected chi connectivity index (χ3v) is 5.36. The number of aryl methyl sites for hydroxylation is 1. The van der Waals surface area contributed by atoms with Crippen molar-refractivity contribution in [1.82, 2.24) is 10.6 Å². The van der Waals surface area contributed by atoms with Crippen LogP contribution in [0.25, 0.3) is 0 Å². The highest BCUT2D eigenvalue weighted by Crippen LogP contribution is 2.33. The Morgan fingerprint density at radius 3 is 2.78 bits per heavy atom. The third-order valence-electron chi connectivity index (χ3n) is 5.36. The zero-order valence-electron chi connectivity index (χ0n) is 14.2. The summed E-state index contributed by atoms with van der Waals surface area (Å²) in [5.41, 5.74) is 2.62. The van der Waals surface area contributed by atoms with E-state index in [0.717, 1.165) is 18.8 Å². The fourth-order valence-electron chi connectivity index (χ4n) is 4.08. The van der Waals surface area contributed by atoms with Gasteiger partial charge < -0.3 is 10.6 Å². The average Bonchev–Trinajstić information content (AvgIpc) is 2.93. The van der Waals surface area contributed by atoms with Crippen LogP contribution in [-0.4, -0.2) is 24.0 Å². The van der Waals surface area contributed by atoms with Crippen LogP contribution in [0.15, 0.2) is 24.3 Å². The summed E-state index contributed by atoms with van der Waals surface area (Å²) < 4.78 is 0. The molecule has 1 aromatic rings. The summed E-state index contributed by atoms with van der Waals surface area (Å²) in [6, 6.07) is 9.20. The van der Waals surface area contributed by atoms with Crippen LogP contribution in [0.1, 0.15) is 50.2 Å². The number of amides is 1. The van der Waals surface area contributed by atoms with Crippen molar-refractivity contribution in [2.24, 2.45) is 5.92 Å². The second-order valence-corrected chi connectivity index (χ2v) is 7.15. The summed E-state index contributed by atoms with van der Waals surface area (Å²) in [4.78, 5) is 12.5. The quantitative estimate of drug-likeness (QED) is 0.885. The molecule has 1 aliphatic heterocycles. The molecule has 2 fully saturated rings. The van der Waals surface area contributed by atoms with Gasteiger partial charge in [0.15, 0.2) is 0 Å². The molecule has 2 aliphatic rings. The second kappa shape index (κ2) is 8.16. The van der Waals surface area contributed by atoms with E-state index in [-0.39, 0.29) is 30.4 Å². The van der Waals surface area contributed by atoms with Crippen LogP contribution in [0.2, 0.25) is 0 Å². The highest BCUT2D eigenvalue weighted by molar-refractivity contribution is 5.85. The van der Waals surface area contributed by atoms with Gasteiger partial charge in [0.25, 0.3) is 0 Å². The lowest BCUT2D eigenvalue weighted by molar-refractivity contribution is -0.123. The number of hydrogen-bond donors (Lipinski definition) is 2. The molecule has 1 saturated carbocycles. The number of rotatable bonds is 4. The molecular weight excluding hydrogens is 308 g/mol. The van der Waals surface area contributed by atoms with Crippen LogP contribution in [0, 0.1) is 12.8 Å². The minimum absolute atomic E-state index is 0. The van der Waals surface area contributed by atoms with Crippen LogP contribution in [0.4, 0.5) is 0 Å². The Kier molecular flexibility index (Phi) is 6.49. The maximum Gasteiger partial charge on any atom is 0.237 e. The highest BCUT2D eigenvalue weighted by Gasteiger charge is 2.38. The van der Waals surface area contributed by atoms with E-state index in [0.29, 0.717) is 6.04 Å². The van der Waals surface area contributed by atoms with E-state index in [4.69, 9.17) is 0 Å². The molecule has 4 atom stereocenters. The molecule has 1 aliphatic carbocycles. The molecule has 1 saturated heterocycles. The summed E-state index contributed by atoms with van der Waals surface area (Å²) in [6.45, 7) is 4.24. The van der Waals surface area contributed by atoms with Gasteiger partial charge >= 0.3 is 0 Å². The van der Waals surface area contributed by atoms with Gasteiger partial charge in [0.05, 0.1) is 6.04 Å². The molecule has 0 aromatic heterocycles. The third kappa shape index (κ3) is 4.48. The Bertz CT molecular complexity index is 520. The van der Waals surface area contributed by atoms with Crippen LogP contribution >= 0.6 is 12.4 Å². The number of halogens is 1. The molecule has 2 N–H and O–H groups in total. The summed E-state index contributed by atoms with van der Waals surface area (Å²) >= 11 is 0. The Hall–Kier alpha value is -1.06. The minimum Gasteiger partial charge on any atom is -0.352 e. The first-order valence-corrected chi connectivity index (χ1v) is 8.74. The van der Waals surface area contributed by atoms with E-state index in [1.165, 1.54) is 36.8 Å². The summed E-state index contributed by atoms with van der Waals surface area (Å²) in [5, 5.41) is 6.77. The number of nitrogens with one attached hydrogen (secondary N) is 2. The summed E-state index contributed by atoms with van der Waals surface area (Å²) in [5.74, 6) is 0.909. The van der Waals surface area contributed by atoms with Gasteiger partial charge in [-0.25, -0.2) is 0 Å². The normalized spacial score (nSPS) is 27.7. The molecule has 4 unspecified atom stereocenters. The van der Waals surface area contributed by atoms with Crippen molar-refractivity contribution in [2.45, 2.75) is 70.5 Å². The lowest BCUT2D eigenvalue weighted by Crippen LogP contribution is -2.46. The first-order chi connectivity index (χ1) is 10.6. The zero-order chi connectivity index (χ0) is 15.5. The Labute approximate surface area is 146 Å². The molecular formula is C19H29ClN2O. The molecule has 3 nitrogen and oxygen atoms in total. The number of hydrogen-bond acceptors (Lipinski definition) is 2. The molecule has 0 radical (unpaired) electrons. The average molecular weight is 337 g/mol. The molecule has 128 valence electrons. The number of carbonyl (C=O) groups is 1. The van der Waals surface area contributed by atoms with Crippen molar-refractivity contribution in [2.75, 3.05) is 0 Å². The van der Waals surface area contributed by atoms with Crippen LogP contribution in [0.3, 0.4) is 0 Å². The minimum atomic E-state index is 0. The maximum atomic E-state index is 12.5. The Morgan fingerprint density at radius 2 is 2.04 bits per heavy atom. The predicted octanol–water partition coefficient (Wildman–Crippen LogP) is 3.38. The Morgan fingerprint density at radius 1 is 1.30 bits per heavy atom. The predicted molar refractivity (Wildman–Crippen MR) is 97.0 cm³/mol. The lowest BCUT2D eigenvalue weighted by atomic mass is 9.85. The first kappa shape index (κ1) is 18.3. The molecule has 0 bridgehead atoms. The van der Waals surface area contributed by atoms with Gasteiger partial charge in [-0.15, -0.1) is 12.4 Å². The van der Waals surface area contributed by atoms with E-state index < -0.39 is 0 Å². The smallest absolute Gasteiger partial charge is 0.237 e. The van der Waals surface area contributed by atoms with E-state index >= 15 is 0 Å². The molecule has 1 aromatic carbocycles. The van der Waals surface area contributed by atoms with Crippen molar-refractivity contribution < 1.29 is 4.79 Å². The molecule has 0 spiro atoms. The SMILES string of the molecule is Cc1ccccc1CC(C)NC(=O)C1CC2CCCCC2N1.Cl. The lowest BCUT2D eigenvalue weighted by Gasteiger charge is -2.24. The van der Waals surface area contributed by atoms with Crippen molar-refractivity contribution in [3.05, 3.63) is 35.4 Å². The largest absolute Gasteiger partial charge is 0.352 e. The number of carbonyl (C=O) groups excluding carboxylic acids is 1. The topological polar surface area (TPSA) is 41.1 Å². The van der Waals surface area contributed by atoms with E-state index in [9.17, 15) is 4.79 Å². The van der Waals surface area contributed by atoms with Crippen LogP contribution in [-0.2, 0) is 11.2 Å². The fraction of sp³-hybridized carbons (Fsp3) is 0.632. The van der Waals surface area contributed by atoms with Gasteiger partial charge in [-0.05, 0) is 56.6 Å². The maximum absolute atomic E-state index is 12.5. The van der Waals surface area contributed by atoms with Crippen molar-refractivity contribution >= 4 is 18.3 Å². The van der Waals surface area contributed by atoms with E-state index in [1.54, 1.807) is 0 Å². The van der Waals surface area contributed by atoms with Gasteiger partial charge in [-0.2, -0.15) is 0 Å². The zero-order valence-corrected chi connectivity index (χ0v) is 15.0. The molecule has 3 rings (SSSR count). The fourth-order valence-corrected chi connectivity index (χ4v) is 4.08. The first-order valence-electron chi connectivity index (χ1n) is 8.74. The summed E-state index contributed by atoms with van der Waals surface area (Å²) in [6.07, 6.45) is 7.10. The van der Waals surface area contributed by atoms with E-state index in [2.05, 4.69) is 48.7 Å². The monoisotopic (exact) mass is 336 g/mol. The van der Waals surface area contributed by atoms with Crippen molar-refractivity contribution in [3.63, 3.8) is 0 Å². The van der Waals surface area contributed by atoms with Gasteiger partial charge in [0, 0.05) is 12.1 Å².